The van der Waals surface area contributed by atoms with Crippen LogP contribution in [0.3, 0.4) is 0 Å². The molecule has 0 aromatic carbocycles. The van der Waals surface area contributed by atoms with Crippen LogP contribution in [0.1, 0.15) is 11.6 Å². The van der Waals surface area contributed by atoms with Crippen LogP contribution in [0, 0.1) is 0 Å². The van der Waals surface area contributed by atoms with Crippen LogP contribution in [0.25, 0.3) is 22.3 Å². The molecule has 4 rings (SSSR count). The molecule has 0 radical (unpaired) electrons. The number of rotatable bonds is 4. The molecule has 4 aromatic heterocycles. The topological polar surface area (TPSA) is 133 Å². The zero-order chi connectivity index (χ0) is 22.8. The lowest BCUT2D eigenvalue weighted by molar-refractivity contribution is 0.0938. The number of aromatic nitrogens is 8. The molecule has 4 aromatic rings. The van der Waals surface area contributed by atoms with Crippen molar-refractivity contribution in [2.24, 2.45) is 42.3 Å². The van der Waals surface area contributed by atoms with E-state index in [-0.39, 0.29) is 24.5 Å². The first kappa shape index (κ1) is 20.5. The highest BCUT2D eigenvalue weighted by Gasteiger charge is 2.19. The molecule has 4 heterocycles. The lowest BCUT2D eigenvalue weighted by Gasteiger charge is -2.05. The molecule has 31 heavy (non-hydrogen) atoms. The fourth-order valence-corrected chi connectivity index (χ4v) is 3.62. The maximum absolute atomic E-state index is 12.5. The van der Waals surface area contributed by atoms with Gasteiger partial charge in [-0.25, -0.2) is 19.6 Å². The first-order valence-electron chi connectivity index (χ1n) is 9.36. The van der Waals surface area contributed by atoms with E-state index in [1.807, 2.05) is 0 Å². The van der Waals surface area contributed by atoms with Gasteiger partial charge in [-0.15, -0.1) is 0 Å². The number of ether oxygens (including phenoxy) is 1. The Morgan fingerprint density at radius 2 is 0.935 bits per heavy atom. The fraction of sp³-hybridized carbons (Fsp3) is 0.444. The van der Waals surface area contributed by atoms with Crippen molar-refractivity contribution in [1.82, 2.24) is 37.4 Å². The van der Waals surface area contributed by atoms with E-state index in [1.165, 1.54) is 23.2 Å². The Balaban J connectivity index is 1.68. The average Bonchev–Trinajstić information content (AvgIpc) is 3.25. The quantitative estimate of drug-likeness (QED) is 0.365. The lowest BCUT2D eigenvalue weighted by Crippen LogP contribution is -2.37. The molecular weight excluding hydrogens is 408 g/mol. The van der Waals surface area contributed by atoms with Gasteiger partial charge in [-0.3, -0.25) is 27.9 Å². The molecule has 0 aliphatic heterocycles. The summed E-state index contributed by atoms with van der Waals surface area (Å²) in [7, 11) is 9.27. The van der Waals surface area contributed by atoms with Crippen LogP contribution in [0.2, 0.25) is 0 Å². The summed E-state index contributed by atoms with van der Waals surface area (Å²) in [5, 5.41) is 0. The van der Waals surface area contributed by atoms with Gasteiger partial charge in [0.05, 0.1) is 0 Å². The molecule has 0 fully saturated rings. The summed E-state index contributed by atoms with van der Waals surface area (Å²) in [6.45, 7) is 0.0886. The van der Waals surface area contributed by atoms with Gasteiger partial charge in [-0.1, -0.05) is 0 Å². The van der Waals surface area contributed by atoms with Crippen molar-refractivity contribution < 1.29 is 4.74 Å². The number of fused-ring (bicyclic) bond motifs is 2. The highest BCUT2D eigenvalue weighted by Crippen LogP contribution is 2.13. The summed E-state index contributed by atoms with van der Waals surface area (Å²) in [5.74, 6) is 0.908. The number of hydrogen-bond acceptors (Lipinski definition) is 7. The van der Waals surface area contributed by atoms with Crippen LogP contribution in [0.15, 0.2) is 19.2 Å². The minimum Gasteiger partial charge on any atom is -0.366 e. The maximum atomic E-state index is 12.5. The Kier molecular flexibility index (Phi) is 4.57. The van der Waals surface area contributed by atoms with Crippen molar-refractivity contribution in [3.63, 3.8) is 0 Å². The van der Waals surface area contributed by atoms with Crippen molar-refractivity contribution in [3.8, 4) is 0 Å². The number of aryl methyl sites for hydroxylation is 4. The third-order valence-electron chi connectivity index (χ3n) is 5.60. The van der Waals surface area contributed by atoms with Gasteiger partial charge in [0.25, 0.3) is 11.1 Å². The predicted octanol–water partition coefficient (Wildman–Crippen LogP) is -2.03. The predicted molar refractivity (Wildman–Crippen MR) is 111 cm³/mol. The van der Waals surface area contributed by atoms with Gasteiger partial charge in [-0.2, -0.15) is 0 Å². The van der Waals surface area contributed by atoms with E-state index in [0.717, 1.165) is 9.13 Å². The van der Waals surface area contributed by atoms with Gasteiger partial charge < -0.3 is 13.9 Å². The van der Waals surface area contributed by atoms with Crippen LogP contribution in [-0.4, -0.2) is 37.4 Å². The highest BCUT2D eigenvalue weighted by molar-refractivity contribution is 5.71. The number of nitrogens with zero attached hydrogens (tertiary/aromatic N) is 8. The Labute approximate surface area is 174 Å². The molecule has 0 amide bonds. The fourth-order valence-electron chi connectivity index (χ4n) is 3.62. The van der Waals surface area contributed by atoms with Crippen molar-refractivity contribution in [1.29, 1.82) is 0 Å². The van der Waals surface area contributed by atoms with Crippen molar-refractivity contribution in [2.45, 2.75) is 13.2 Å². The molecule has 164 valence electrons. The van der Waals surface area contributed by atoms with Crippen LogP contribution in [-0.2, 0) is 60.2 Å². The average molecular weight is 430 g/mol. The Morgan fingerprint density at radius 3 is 1.29 bits per heavy atom. The first-order valence-corrected chi connectivity index (χ1v) is 9.36. The third-order valence-corrected chi connectivity index (χ3v) is 5.60. The first-order chi connectivity index (χ1) is 14.6. The highest BCUT2D eigenvalue weighted by atomic mass is 16.5. The Morgan fingerprint density at radius 1 is 0.581 bits per heavy atom. The van der Waals surface area contributed by atoms with Crippen LogP contribution < -0.4 is 22.5 Å². The molecule has 0 unspecified atom stereocenters. The van der Waals surface area contributed by atoms with E-state index in [2.05, 4.69) is 9.97 Å². The Hall–Kier alpha value is -3.74. The summed E-state index contributed by atoms with van der Waals surface area (Å²) in [4.78, 5) is 58.0. The summed E-state index contributed by atoms with van der Waals surface area (Å²) < 4.78 is 13.6. The summed E-state index contributed by atoms with van der Waals surface area (Å²) in [6.07, 6.45) is 0. The zero-order valence-electron chi connectivity index (χ0n) is 18.0. The van der Waals surface area contributed by atoms with Gasteiger partial charge in [0.1, 0.15) is 24.9 Å². The molecule has 0 bridgehead atoms. The van der Waals surface area contributed by atoms with E-state index < -0.39 is 22.5 Å². The molecule has 0 saturated heterocycles. The van der Waals surface area contributed by atoms with Crippen LogP contribution >= 0.6 is 0 Å². The zero-order valence-corrected chi connectivity index (χ0v) is 18.0. The number of imidazole rings is 2. The molecule has 0 saturated carbocycles. The Bertz CT molecular complexity index is 1490. The van der Waals surface area contributed by atoms with E-state index >= 15 is 0 Å². The SMILES string of the molecule is Cn1c(=O)c2c(nc(COCc3nc4c(c(=O)n(C)c(=O)n4C)n3C)n2C)n(C)c1=O. The van der Waals surface area contributed by atoms with E-state index in [4.69, 9.17) is 4.74 Å². The molecule has 13 heteroatoms. The van der Waals surface area contributed by atoms with Gasteiger partial charge in [0.15, 0.2) is 22.3 Å². The second-order valence-corrected chi connectivity index (χ2v) is 7.42. The second-order valence-electron chi connectivity index (χ2n) is 7.42. The molecule has 13 nitrogen and oxygen atoms in total. The van der Waals surface area contributed by atoms with Gasteiger partial charge >= 0.3 is 11.4 Å². The monoisotopic (exact) mass is 430 g/mol. The molecule has 0 atom stereocenters. The largest absolute Gasteiger partial charge is 0.366 e. The van der Waals surface area contributed by atoms with Crippen LogP contribution in [0.4, 0.5) is 0 Å². The van der Waals surface area contributed by atoms with Crippen molar-refractivity contribution in [3.05, 3.63) is 53.3 Å². The van der Waals surface area contributed by atoms with Crippen LogP contribution in [0.5, 0.6) is 0 Å². The minimum absolute atomic E-state index is 0.0443. The molecular formula is C18H22N8O5. The van der Waals surface area contributed by atoms with E-state index in [9.17, 15) is 19.2 Å². The normalized spacial score (nSPS) is 11.8. The molecule has 0 aliphatic rings. The van der Waals surface area contributed by atoms with Gasteiger partial charge in [0, 0.05) is 42.3 Å². The van der Waals surface area contributed by atoms with E-state index in [1.54, 1.807) is 37.3 Å². The molecule has 0 N–H and O–H groups in total. The number of hydrogen-bond donors (Lipinski definition) is 0. The molecule has 0 aliphatic carbocycles. The van der Waals surface area contributed by atoms with Gasteiger partial charge in [0.2, 0.25) is 0 Å². The summed E-state index contributed by atoms with van der Waals surface area (Å²) >= 11 is 0. The van der Waals surface area contributed by atoms with Crippen molar-refractivity contribution in [2.75, 3.05) is 0 Å². The van der Waals surface area contributed by atoms with E-state index in [0.29, 0.717) is 22.7 Å². The summed E-state index contributed by atoms with van der Waals surface area (Å²) in [6, 6.07) is 0. The smallest absolute Gasteiger partial charge is 0.332 e. The maximum Gasteiger partial charge on any atom is 0.332 e. The standard InChI is InChI=1S/C18H22N8O5/c1-21-9(19-13-11(21)15(27)25(5)17(29)23(13)3)7-31-8-10-20-14-12(22(10)2)16(28)26(6)18(30)24(14)4/h7-8H2,1-6H3. The third kappa shape index (κ3) is 2.80. The molecule has 0 spiro atoms. The minimum atomic E-state index is -0.463. The lowest BCUT2D eigenvalue weighted by atomic mass is 10.5. The summed E-state index contributed by atoms with van der Waals surface area (Å²) in [5.41, 5.74) is -0.664. The second kappa shape index (κ2) is 6.91. The van der Waals surface area contributed by atoms with Gasteiger partial charge in [-0.05, 0) is 0 Å². The van der Waals surface area contributed by atoms with Crippen molar-refractivity contribution >= 4 is 22.3 Å².